The third-order valence-electron chi connectivity index (χ3n) is 3.24. The van der Waals surface area contributed by atoms with Gasteiger partial charge in [-0.15, -0.1) is 11.6 Å². The highest BCUT2D eigenvalue weighted by molar-refractivity contribution is 7.89. The first kappa shape index (κ1) is 12.1. The van der Waals surface area contributed by atoms with E-state index in [0.717, 1.165) is 12.8 Å². The summed E-state index contributed by atoms with van der Waals surface area (Å²) < 4.78 is 25.3. The highest BCUT2D eigenvalue weighted by Crippen LogP contribution is 2.29. The summed E-state index contributed by atoms with van der Waals surface area (Å²) in [7, 11) is -3.30. The Balaban J connectivity index is 2.19. The minimum atomic E-state index is -3.30. The van der Waals surface area contributed by atoms with Gasteiger partial charge in [-0.2, -0.15) is 4.31 Å². The van der Waals surface area contributed by atoms with E-state index in [1.807, 2.05) is 0 Å². The molecule has 2 fully saturated rings. The molecular formula is C9H15ClN2O3S. The molecule has 2 heterocycles. The molecule has 0 aromatic rings. The maximum Gasteiger partial charge on any atom is 0.224 e. The first-order valence-corrected chi connectivity index (χ1v) is 7.54. The van der Waals surface area contributed by atoms with Crippen LogP contribution >= 0.6 is 11.6 Å². The molecule has 5 nitrogen and oxygen atoms in total. The Bertz CT molecular complexity index is 384. The van der Waals surface area contributed by atoms with Crippen LogP contribution in [0.5, 0.6) is 0 Å². The van der Waals surface area contributed by atoms with Gasteiger partial charge in [0.1, 0.15) is 0 Å². The van der Waals surface area contributed by atoms with Crippen molar-refractivity contribution in [1.82, 2.24) is 9.62 Å². The zero-order valence-electron chi connectivity index (χ0n) is 8.86. The number of piperidine rings is 1. The largest absolute Gasteiger partial charge is 0.354 e. The van der Waals surface area contributed by atoms with Crippen LogP contribution in [-0.4, -0.2) is 49.4 Å². The number of rotatable bonds is 3. The van der Waals surface area contributed by atoms with Crippen LogP contribution in [0.3, 0.4) is 0 Å². The molecular weight excluding hydrogens is 252 g/mol. The van der Waals surface area contributed by atoms with Gasteiger partial charge >= 0.3 is 0 Å². The van der Waals surface area contributed by atoms with Crippen molar-refractivity contribution < 1.29 is 13.2 Å². The highest BCUT2D eigenvalue weighted by atomic mass is 35.5. The maximum atomic E-state index is 11.9. The number of hydrogen-bond acceptors (Lipinski definition) is 3. The van der Waals surface area contributed by atoms with Gasteiger partial charge in [0.25, 0.3) is 0 Å². The average molecular weight is 267 g/mol. The first-order chi connectivity index (χ1) is 7.56. The maximum absolute atomic E-state index is 11.9. The Morgan fingerprint density at radius 3 is 2.94 bits per heavy atom. The summed E-state index contributed by atoms with van der Waals surface area (Å²) in [5.74, 6) is -0.140. The number of nitrogens with zero attached hydrogens (tertiary/aromatic N) is 1. The van der Waals surface area contributed by atoms with Crippen molar-refractivity contribution in [2.45, 2.75) is 18.9 Å². The lowest BCUT2D eigenvalue weighted by atomic mass is 9.93. The number of alkyl halides is 1. The second-order valence-electron chi connectivity index (χ2n) is 4.18. The molecule has 0 saturated carbocycles. The van der Waals surface area contributed by atoms with Gasteiger partial charge in [-0.25, -0.2) is 8.42 Å². The van der Waals surface area contributed by atoms with Crippen molar-refractivity contribution in [2.75, 3.05) is 24.7 Å². The van der Waals surface area contributed by atoms with Crippen LogP contribution in [0.15, 0.2) is 0 Å². The van der Waals surface area contributed by atoms with E-state index >= 15 is 0 Å². The third kappa shape index (κ3) is 2.06. The van der Waals surface area contributed by atoms with Gasteiger partial charge in [-0.1, -0.05) is 0 Å². The lowest BCUT2D eigenvalue weighted by Gasteiger charge is -2.34. The zero-order valence-corrected chi connectivity index (χ0v) is 10.4. The van der Waals surface area contributed by atoms with E-state index < -0.39 is 10.0 Å². The molecule has 2 unspecified atom stereocenters. The molecule has 0 aromatic carbocycles. The molecule has 1 N–H and O–H groups in total. The van der Waals surface area contributed by atoms with E-state index in [9.17, 15) is 13.2 Å². The Morgan fingerprint density at radius 1 is 1.50 bits per heavy atom. The minimum Gasteiger partial charge on any atom is -0.354 e. The lowest BCUT2D eigenvalue weighted by Crippen LogP contribution is -2.49. The standard InChI is InChI=1S/C9H15ClN2O3S/c10-3-5-16(14,15)12-4-1-2-7-8(12)6-11-9(7)13/h7-8H,1-6H2,(H,11,13). The number of carbonyl (C=O) groups is 1. The van der Waals surface area contributed by atoms with E-state index in [1.165, 1.54) is 4.31 Å². The summed E-state index contributed by atoms with van der Waals surface area (Å²) in [5.41, 5.74) is 0. The van der Waals surface area contributed by atoms with Crippen molar-refractivity contribution in [3.05, 3.63) is 0 Å². The van der Waals surface area contributed by atoms with Crippen molar-refractivity contribution in [1.29, 1.82) is 0 Å². The van der Waals surface area contributed by atoms with E-state index in [4.69, 9.17) is 11.6 Å². The normalized spacial score (nSPS) is 31.2. The van der Waals surface area contributed by atoms with Crippen molar-refractivity contribution in [3.63, 3.8) is 0 Å². The number of halogens is 1. The number of sulfonamides is 1. The SMILES string of the molecule is O=C1NCC2C1CCCN2S(=O)(=O)CCCl. The van der Waals surface area contributed by atoms with Crippen LogP contribution in [0, 0.1) is 5.92 Å². The van der Waals surface area contributed by atoms with Gasteiger partial charge < -0.3 is 5.32 Å². The van der Waals surface area contributed by atoms with Crippen LogP contribution in [0.2, 0.25) is 0 Å². The Labute approximate surface area is 100 Å². The molecule has 2 atom stereocenters. The fourth-order valence-electron chi connectivity index (χ4n) is 2.47. The number of fused-ring (bicyclic) bond motifs is 1. The summed E-state index contributed by atoms with van der Waals surface area (Å²) in [6.07, 6.45) is 1.53. The van der Waals surface area contributed by atoms with Gasteiger partial charge in [-0.05, 0) is 12.8 Å². The van der Waals surface area contributed by atoms with Crippen LogP contribution in [0.1, 0.15) is 12.8 Å². The molecule has 16 heavy (non-hydrogen) atoms. The molecule has 2 saturated heterocycles. The predicted octanol–water partition coefficient (Wildman–Crippen LogP) is -0.235. The van der Waals surface area contributed by atoms with E-state index in [1.54, 1.807) is 0 Å². The summed E-state index contributed by atoms with van der Waals surface area (Å²) in [6.45, 7) is 0.945. The third-order valence-corrected chi connectivity index (χ3v) is 5.54. The van der Waals surface area contributed by atoms with Crippen LogP contribution in [0.25, 0.3) is 0 Å². The molecule has 2 rings (SSSR count). The van der Waals surface area contributed by atoms with E-state index in [-0.39, 0.29) is 29.5 Å². The molecule has 0 aliphatic carbocycles. The average Bonchev–Trinajstić information content (AvgIpc) is 2.60. The number of hydrogen-bond donors (Lipinski definition) is 1. The molecule has 0 radical (unpaired) electrons. The fourth-order valence-corrected chi connectivity index (χ4v) is 4.53. The zero-order chi connectivity index (χ0) is 11.8. The molecule has 92 valence electrons. The van der Waals surface area contributed by atoms with Crippen molar-refractivity contribution >= 4 is 27.5 Å². The second kappa shape index (κ2) is 4.50. The Kier molecular flexibility index (Phi) is 3.42. The lowest BCUT2D eigenvalue weighted by molar-refractivity contribution is -0.123. The van der Waals surface area contributed by atoms with E-state index in [2.05, 4.69) is 5.32 Å². The highest BCUT2D eigenvalue weighted by Gasteiger charge is 2.44. The summed E-state index contributed by atoms with van der Waals surface area (Å²) in [4.78, 5) is 11.5. The van der Waals surface area contributed by atoms with Crippen LogP contribution in [-0.2, 0) is 14.8 Å². The first-order valence-electron chi connectivity index (χ1n) is 5.39. The monoisotopic (exact) mass is 266 g/mol. The fraction of sp³-hybridized carbons (Fsp3) is 0.889. The number of carbonyl (C=O) groups excluding carboxylic acids is 1. The van der Waals surface area contributed by atoms with Crippen molar-refractivity contribution in [3.8, 4) is 0 Å². The van der Waals surface area contributed by atoms with Gasteiger partial charge in [0.15, 0.2) is 0 Å². The molecule has 1 amide bonds. The molecule has 0 spiro atoms. The van der Waals surface area contributed by atoms with E-state index in [0.29, 0.717) is 13.1 Å². The van der Waals surface area contributed by atoms with Gasteiger partial charge in [0.05, 0.1) is 17.7 Å². The van der Waals surface area contributed by atoms with Crippen LogP contribution in [0.4, 0.5) is 0 Å². The summed E-state index contributed by atoms with van der Waals surface area (Å²) in [5, 5.41) is 2.73. The number of amides is 1. The van der Waals surface area contributed by atoms with Crippen LogP contribution < -0.4 is 5.32 Å². The molecule has 7 heteroatoms. The van der Waals surface area contributed by atoms with Crippen molar-refractivity contribution in [2.24, 2.45) is 5.92 Å². The van der Waals surface area contributed by atoms with Gasteiger partial charge in [0, 0.05) is 19.0 Å². The smallest absolute Gasteiger partial charge is 0.224 e. The van der Waals surface area contributed by atoms with Gasteiger partial charge in [-0.3, -0.25) is 4.79 Å². The summed E-state index contributed by atoms with van der Waals surface area (Å²) >= 11 is 5.49. The number of nitrogens with one attached hydrogen (secondary N) is 1. The Morgan fingerprint density at radius 2 is 2.25 bits per heavy atom. The predicted molar refractivity (Wildman–Crippen MR) is 60.7 cm³/mol. The molecule has 2 aliphatic heterocycles. The molecule has 2 aliphatic rings. The topological polar surface area (TPSA) is 66.5 Å². The molecule has 0 bridgehead atoms. The summed E-state index contributed by atoms with van der Waals surface area (Å²) in [6, 6.07) is -0.200. The Hall–Kier alpha value is -0.330. The second-order valence-corrected chi connectivity index (χ2v) is 6.60. The van der Waals surface area contributed by atoms with Gasteiger partial charge in [0.2, 0.25) is 15.9 Å². The minimum absolute atomic E-state index is 0.0178. The quantitative estimate of drug-likeness (QED) is 0.718. The molecule has 0 aromatic heterocycles.